The molecule has 1 amide bonds. The molecule has 172 valence electrons. The molecule has 3 rings (SSSR count). The minimum absolute atomic E-state index is 0.131. The lowest BCUT2D eigenvalue weighted by Crippen LogP contribution is -2.37. The van der Waals surface area contributed by atoms with Crippen LogP contribution in [0.1, 0.15) is 54.1 Å². The van der Waals surface area contributed by atoms with E-state index in [0.29, 0.717) is 10.1 Å². The molecular weight excluding hydrogens is 438 g/mol. The fourth-order valence-electron chi connectivity index (χ4n) is 3.24. The first-order valence-corrected chi connectivity index (χ1v) is 9.51. The summed E-state index contributed by atoms with van der Waals surface area (Å²) in [6, 6.07) is 5.85. The van der Waals surface area contributed by atoms with Gasteiger partial charge in [-0.2, -0.15) is 31.4 Å². The van der Waals surface area contributed by atoms with Gasteiger partial charge in [-0.25, -0.2) is 0 Å². The standard InChI is InChI=1S/C21H20F6N4O/c1-11(14-10-28-31(4)17(14)20(22,23)24)29-18(32)13-5-7-15-12(9-13)6-8-16(30-15)19(2,3)21(25,26)27/h5-11H,1-4H3,(H,29,32). The number of carbonyl (C=O) groups excluding carboxylic acids is 1. The molecule has 0 bridgehead atoms. The van der Waals surface area contributed by atoms with Crippen molar-refractivity contribution in [3.63, 3.8) is 0 Å². The van der Waals surface area contributed by atoms with Crippen molar-refractivity contribution in [2.45, 2.75) is 44.6 Å². The quantitative estimate of drug-likeness (QED) is 0.539. The monoisotopic (exact) mass is 458 g/mol. The SMILES string of the molecule is CC(NC(=O)c1ccc2nc(C(C)(C)C(F)(F)F)ccc2c1)c1cnn(C)c1C(F)(F)F. The van der Waals surface area contributed by atoms with Gasteiger partial charge in [0.1, 0.15) is 11.1 Å². The van der Waals surface area contributed by atoms with Crippen molar-refractivity contribution in [2.75, 3.05) is 0 Å². The number of carbonyl (C=O) groups is 1. The molecule has 32 heavy (non-hydrogen) atoms. The third-order valence-corrected chi connectivity index (χ3v) is 5.35. The summed E-state index contributed by atoms with van der Waals surface area (Å²) in [5.74, 6) is -0.643. The zero-order valence-corrected chi connectivity index (χ0v) is 17.6. The Bertz CT molecular complexity index is 1160. The van der Waals surface area contributed by atoms with E-state index in [1.54, 1.807) is 0 Å². The van der Waals surface area contributed by atoms with E-state index < -0.39 is 35.4 Å². The van der Waals surface area contributed by atoms with E-state index >= 15 is 0 Å². The number of nitrogens with one attached hydrogen (secondary N) is 1. The van der Waals surface area contributed by atoms with E-state index in [1.165, 1.54) is 37.3 Å². The molecule has 2 aromatic heterocycles. The van der Waals surface area contributed by atoms with Crippen LogP contribution in [0, 0.1) is 0 Å². The number of rotatable bonds is 4. The van der Waals surface area contributed by atoms with E-state index in [9.17, 15) is 31.1 Å². The second-order valence-electron chi connectivity index (χ2n) is 7.99. The van der Waals surface area contributed by atoms with Crippen LogP contribution in [0.4, 0.5) is 26.3 Å². The smallest absolute Gasteiger partial charge is 0.345 e. The maximum absolute atomic E-state index is 13.3. The molecule has 0 fully saturated rings. The van der Waals surface area contributed by atoms with Crippen molar-refractivity contribution < 1.29 is 31.1 Å². The molecule has 3 aromatic rings. The zero-order valence-electron chi connectivity index (χ0n) is 17.6. The van der Waals surface area contributed by atoms with Gasteiger partial charge in [-0.1, -0.05) is 6.07 Å². The highest BCUT2D eigenvalue weighted by molar-refractivity contribution is 5.98. The number of fused-ring (bicyclic) bond motifs is 1. The van der Waals surface area contributed by atoms with Crippen LogP contribution in [0.25, 0.3) is 10.9 Å². The predicted molar refractivity (Wildman–Crippen MR) is 105 cm³/mol. The molecule has 0 aliphatic heterocycles. The second-order valence-corrected chi connectivity index (χ2v) is 7.99. The predicted octanol–water partition coefficient (Wildman–Crippen LogP) is 5.32. The van der Waals surface area contributed by atoms with Crippen molar-refractivity contribution in [3.8, 4) is 0 Å². The molecule has 1 atom stereocenters. The maximum atomic E-state index is 13.3. The van der Waals surface area contributed by atoms with Crippen LogP contribution >= 0.6 is 0 Å². The van der Waals surface area contributed by atoms with Crippen molar-refractivity contribution in [1.82, 2.24) is 20.1 Å². The summed E-state index contributed by atoms with van der Waals surface area (Å²) in [7, 11) is 1.16. The summed E-state index contributed by atoms with van der Waals surface area (Å²) in [6.45, 7) is 3.45. The molecule has 1 aromatic carbocycles. The molecule has 0 aliphatic carbocycles. The molecule has 0 aliphatic rings. The molecule has 0 saturated heterocycles. The summed E-state index contributed by atoms with van der Waals surface area (Å²) in [5.41, 5.74) is -3.09. The largest absolute Gasteiger partial charge is 0.433 e. The topological polar surface area (TPSA) is 59.8 Å². The Morgan fingerprint density at radius 3 is 2.31 bits per heavy atom. The number of aromatic nitrogens is 3. The van der Waals surface area contributed by atoms with E-state index in [-0.39, 0.29) is 22.3 Å². The number of halogens is 6. The Morgan fingerprint density at radius 2 is 1.72 bits per heavy atom. The Balaban J connectivity index is 1.86. The first-order chi connectivity index (χ1) is 14.6. The second kappa shape index (κ2) is 7.79. The zero-order chi connectivity index (χ0) is 24.1. The molecule has 0 spiro atoms. The highest BCUT2D eigenvalue weighted by Crippen LogP contribution is 2.40. The van der Waals surface area contributed by atoms with Crippen LogP contribution in [0.5, 0.6) is 0 Å². The summed E-state index contributed by atoms with van der Waals surface area (Å²) in [5, 5.41) is 6.55. The van der Waals surface area contributed by atoms with Crippen LogP contribution in [0.3, 0.4) is 0 Å². The Morgan fingerprint density at radius 1 is 1.06 bits per heavy atom. The molecule has 11 heteroatoms. The number of amides is 1. The lowest BCUT2D eigenvalue weighted by molar-refractivity contribution is -0.181. The van der Waals surface area contributed by atoms with Gasteiger partial charge in [0.2, 0.25) is 0 Å². The third-order valence-electron chi connectivity index (χ3n) is 5.35. The maximum Gasteiger partial charge on any atom is 0.433 e. The number of aryl methyl sites for hydroxylation is 1. The fourth-order valence-corrected chi connectivity index (χ4v) is 3.24. The van der Waals surface area contributed by atoms with E-state index in [1.807, 2.05) is 0 Å². The van der Waals surface area contributed by atoms with Crippen LogP contribution in [-0.2, 0) is 18.6 Å². The average molecular weight is 458 g/mol. The van der Waals surface area contributed by atoms with Crippen LogP contribution in [0.2, 0.25) is 0 Å². The van der Waals surface area contributed by atoms with Gasteiger partial charge < -0.3 is 5.32 Å². The normalized spacial score (nSPS) is 13.9. The van der Waals surface area contributed by atoms with Gasteiger partial charge in [0.05, 0.1) is 23.4 Å². The van der Waals surface area contributed by atoms with Crippen molar-refractivity contribution in [1.29, 1.82) is 0 Å². The number of alkyl halides is 6. The van der Waals surface area contributed by atoms with Crippen LogP contribution < -0.4 is 5.32 Å². The fraction of sp³-hybridized carbons (Fsp3) is 0.381. The van der Waals surface area contributed by atoms with Gasteiger partial charge >= 0.3 is 12.4 Å². The molecule has 2 heterocycles. The molecule has 1 unspecified atom stereocenters. The lowest BCUT2D eigenvalue weighted by Gasteiger charge is -2.27. The number of pyridine rings is 1. The summed E-state index contributed by atoms with van der Waals surface area (Å²) >= 11 is 0. The average Bonchev–Trinajstić information content (AvgIpc) is 3.08. The summed E-state index contributed by atoms with van der Waals surface area (Å²) in [6.07, 6.45) is -8.09. The van der Waals surface area contributed by atoms with E-state index in [0.717, 1.165) is 27.1 Å². The van der Waals surface area contributed by atoms with Crippen molar-refractivity contribution >= 4 is 16.8 Å². The molecule has 0 saturated carbocycles. The van der Waals surface area contributed by atoms with Crippen LogP contribution in [-0.4, -0.2) is 26.8 Å². The first-order valence-electron chi connectivity index (χ1n) is 9.51. The van der Waals surface area contributed by atoms with Gasteiger partial charge in [0.25, 0.3) is 5.91 Å². The first kappa shape index (κ1) is 23.6. The van der Waals surface area contributed by atoms with Crippen molar-refractivity contribution in [3.05, 3.63) is 59.0 Å². The highest BCUT2D eigenvalue weighted by Gasteiger charge is 2.49. The Labute approximate surface area is 179 Å². The summed E-state index contributed by atoms with van der Waals surface area (Å²) in [4.78, 5) is 16.7. The third kappa shape index (κ3) is 4.28. The molecule has 5 nitrogen and oxygen atoms in total. The number of hydrogen-bond acceptors (Lipinski definition) is 3. The molecule has 1 N–H and O–H groups in total. The minimum atomic E-state index is -4.64. The Kier molecular flexibility index (Phi) is 5.73. The number of nitrogens with zero attached hydrogens (tertiary/aromatic N) is 3. The lowest BCUT2D eigenvalue weighted by atomic mass is 9.87. The number of hydrogen-bond donors (Lipinski definition) is 1. The van der Waals surface area contributed by atoms with Gasteiger partial charge in [-0.15, -0.1) is 0 Å². The van der Waals surface area contributed by atoms with E-state index in [2.05, 4.69) is 15.4 Å². The molecule has 0 radical (unpaired) electrons. The van der Waals surface area contributed by atoms with Gasteiger partial charge in [-0.05, 0) is 45.0 Å². The van der Waals surface area contributed by atoms with Gasteiger partial charge in [-0.3, -0.25) is 14.5 Å². The van der Waals surface area contributed by atoms with Crippen LogP contribution in [0.15, 0.2) is 36.5 Å². The molecular formula is C21H20F6N4O. The van der Waals surface area contributed by atoms with E-state index in [4.69, 9.17) is 0 Å². The van der Waals surface area contributed by atoms with Gasteiger partial charge in [0, 0.05) is 23.6 Å². The Hall–Kier alpha value is -3.11. The highest BCUT2D eigenvalue weighted by atomic mass is 19.4. The van der Waals surface area contributed by atoms with Crippen molar-refractivity contribution in [2.24, 2.45) is 7.05 Å². The number of benzene rings is 1. The summed E-state index contributed by atoms with van der Waals surface area (Å²) < 4.78 is 80.4. The van der Waals surface area contributed by atoms with Gasteiger partial charge in [0.15, 0.2) is 0 Å². The minimum Gasteiger partial charge on any atom is -0.345 e.